The lowest BCUT2D eigenvalue weighted by Crippen LogP contribution is -1.97. The molecule has 3 rings (SSSR count). The maximum atomic E-state index is 13.3. The minimum atomic E-state index is -1.13. The zero-order valence-corrected chi connectivity index (χ0v) is 11.6. The third kappa shape index (κ3) is 1.98. The minimum Gasteiger partial charge on any atom is -0.476 e. The molecule has 6 heteroatoms. The highest BCUT2D eigenvalue weighted by Gasteiger charge is 2.19. The van der Waals surface area contributed by atoms with E-state index in [2.05, 4.69) is 20.9 Å². The van der Waals surface area contributed by atoms with Gasteiger partial charge in [0.05, 0.1) is 5.52 Å². The van der Waals surface area contributed by atoms with Crippen LogP contribution in [0.5, 0.6) is 0 Å². The fourth-order valence-corrected chi connectivity index (χ4v) is 2.61. The first-order chi connectivity index (χ1) is 9.58. The second-order valence-electron chi connectivity index (χ2n) is 4.17. The summed E-state index contributed by atoms with van der Waals surface area (Å²) in [6.45, 7) is 0. The summed E-state index contributed by atoms with van der Waals surface area (Å²) in [5.41, 5.74) is 0.890. The van der Waals surface area contributed by atoms with E-state index in [4.69, 9.17) is 0 Å². The number of aromatic carboxylic acids is 1. The largest absolute Gasteiger partial charge is 0.476 e. The van der Waals surface area contributed by atoms with Crippen molar-refractivity contribution >= 4 is 27.4 Å². The molecule has 1 aromatic carbocycles. The Kier molecular flexibility index (Phi) is 3.02. The highest BCUT2D eigenvalue weighted by atomic mass is 79.9. The molecular weight excluding hydrogens is 327 g/mol. The molecule has 0 bridgehead atoms. The van der Waals surface area contributed by atoms with Crippen molar-refractivity contribution < 1.29 is 14.3 Å². The Morgan fingerprint density at radius 2 is 2.10 bits per heavy atom. The molecule has 0 atom stereocenters. The van der Waals surface area contributed by atoms with Gasteiger partial charge < -0.3 is 5.11 Å². The van der Waals surface area contributed by atoms with E-state index < -0.39 is 11.8 Å². The van der Waals surface area contributed by atoms with Crippen LogP contribution in [0.25, 0.3) is 16.9 Å². The third-order valence-electron chi connectivity index (χ3n) is 2.90. The zero-order valence-electron chi connectivity index (χ0n) is 10.0. The van der Waals surface area contributed by atoms with Gasteiger partial charge in [-0.3, -0.25) is 4.40 Å². The lowest BCUT2D eigenvalue weighted by molar-refractivity contribution is 0.0693. The van der Waals surface area contributed by atoms with Crippen LogP contribution < -0.4 is 0 Å². The van der Waals surface area contributed by atoms with Crippen LogP contribution in [0.1, 0.15) is 10.5 Å². The summed E-state index contributed by atoms with van der Waals surface area (Å²) in [5.74, 6) is -1.14. The fraction of sp³-hybridized carbons (Fsp3) is 0. The number of pyridine rings is 1. The molecule has 0 saturated carbocycles. The van der Waals surface area contributed by atoms with Crippen LogP contribution in [0.15, 0.2) is 47.1 Å². The number of halogens is 2. The summed E-state index contributed by atoms with van der Waals surface area (Å²) < 4.78 is 15.6. The van der Waals surface area contributed by atoms with Crippen molar-refractivity contribution in [3.63, 3.8) is 0 Å². The van der Waals surface area contributed by atoms with E-state index in [1.807, 2.05) is 0 Å². The standard InChI is InChI=1S/C14H8BrFN2O2/c15-10-5-2-6-18-12(10)11(14(19)20)17-13(18)8-3-1-4-9(16)7-8/h1-7H,(H,19,20). The van der Waals surface area contributed by atoms with Crippen LogP contribution in [0.2, 0.25) is 0 Å². The molecule has 100 valence electrons. The Labute approximate surface area is 121 Å². The lowest BCUT2D eigenvalue weighted by Gasteiger charge is -2.02. The maximum Gasteiger partial charge on any atom is 0.356 e. The molecule has 4 nitrogen and oxygen atoms in total. The molecule has 0 aliphatic rings. The Bertz CT molecular complexity index is 829. The van der Waals surface area contributed by atoms with E-state index >= 15 is 0 Å². The van der Waals surface area contributed by atoms with Crippen LogP contribution in [-0.2, 0) is 0 Å². The highest BCUT2D eigenvalue weighted by molar-refractivity contribution is 9.10. The number of aromatic nitrogens is 2. The van der Waals surface area contributed by atoms with Gasteiger partial charge in [0.25, 0.3) is 0 Å². The van der Waals surface area contributed by atoms with Crippen LogP contribution in [0, 0.1) is 5.82 Å². The topological polar surface area (TPSA) is 54.6 Å². The van der Waals surface area contributed by atoms with Crippen LogP contribution in [0.4, 0.5) is 4.39 Å². The molecule has 0 fully saturated rings. The molecule has 0 spiro atoms. The van der Waals surface area contributed by atoms with E-state index in [-0.39, 0.29) is 5.69 Å². The number of carbonyl (C=O) groups is 1. The monoisotopic (exact) mass is 334 g/mol. The lowest BCUT2D eigenvalue weighted by atomic mass is 10.2. The number of carboxylic acids is 1. The zero-order chi connectivity index (χ0) is 14.3. The molecule has 0 radical (unpaired) electrons. The quantitative estimate of drug-likeness (QED) is 0.779. The number of hydrogen-bond acceptors (Lipinski definition) is 2. The van der Waals surface area contributed by atoms with Crippen molar-refractivity contribution in [2.75, 3.05) is 0 Å². The van der Waals surface area contributed by atoms with Crippen molar-refractivity contribution in [2.24, 2.45) is 0 Å². The Hall–Kier alpha value is -2.21. The molecule has 2 aromatic heterocycles. The summed E-state index contributed by atoms with van der Waals surface area (Å²) in [6, 6.07) is 9.38. The smallest absolute Gasteiger partial charge is 0.356 e. The van der Waals surface area contributed by atoms with Crippen molar-refractivity contribution in [2.45, 2.75) is 0 Å². The molecule has 1 N–H and O–H groups in total. The van der Waals surface area contributed by atoms with E-state index in [0.717, 1.165) is 0 Å². The summed E-state index contributed by atoms with van der Waals surface area (Å²) in [6.07, 6.45) is 1.69. The molecule has 0 aliphatic heterocycles. The van der Waals surface area contributed by atoms with Gasteiger partial charge in [-0.05, 0) is 40.2 Å². The number of fused-ring (bicyclic) bond motifs is 1. The van der Waals surface area contributed by atoms with Crippen LogP contribution in [-0.4, -0.2) is 20.5 Å². The maximum absolute atomic E-state index is 13.3. The molecule has 0 saturated heterocycles. The average molecular weight is 335 g/mol. The number of imidazole rings is 1. The molecular formula is C14H8BrFN2O2. The minimum absolute atomic E-state index is 0.0725. The Morgan fingerprint density at radius 1 is 1.30 bits per heavy atom. The van der Waals surface area contributed by atoms with Crippen molar-refractivity contribution in [3.05, 3.63) is 58.6 Å². The van der Waals surface area contributed by atoms with Gasteiger partial charge in [-0.1, -0.05) is 12.1 Å². The van der Waals surface area contributed by atoms with Gasteiger partial charge in [-0.15, -0.1) is 0 Å². The van der Waals surface area contributed by atoms with Gasteiger partial charge >= 0.3 is 5.97 Å². The van der Waals surface area contributed by atoms with Gasteiger partial charge in [-0.2, -0.15) is 0 Å². The molecule has 0 aliphatic carbocycles. The fourth-order valence-electron chi connectivity index (χ4n) is 2.08. The second kappa shape index (κ2) is 4.72. The summed E-state index contributed by atoms with van der Waals surface area (Å²) >= 11 is 3.32. The van der Waals surface area contributed by atoms with Crippen LogP contribution >= 0.6 is 15.9 Å². The number of carboxylic acid groups (broad SMARTS) is 1. The Balaban J connectivity index is 2.38. The Morgan fingerprint density at radius 3 is 2.80 bits per heavy atom. The summed E-state index contributed by atoms with van der Waals surface area (Å²) in [4.78, 5) is 15.4. The predicted molar refractivity (Wildman–Crippen MR) is 75.2 cm³/mol. The van der Waals surface area contributed by atoms with Gasteiger partial charge in [0, 0.05) is 16.2 Å². The van der Waals surface area contributed by atoms with E-state index in [0.29, 0.717) is 21.4 Å². The number of rotatable bonds is 2. The summed E-state index contributed by atoms with van der Waals surface area (Å²) in [7, 11) is 0. The first-order valence-corrected chi connectivity index (χ1v) is 6.53. The summed E-state index contributed by atoms with van der Waals surface area (Å²) in [5, 5.41) is 9.25. The molecule has 2 heterocycles. The number of nitrogens with zero attached hydrogens (tertiary/aromatic N) is 2. The van der Waals surface area contributed by atoms with Crippen molar-refractivity contribution in [1.29, 1.82) is 0 Å². The SMILES string of the molecule is O=C(O)c1nc(-c2cccc(F)c2)n2cccc(Br)c12. The highest BCUT2D eigenvalue weighted by Crippen LogP contribution is 2.28. The molecule has 0 amide bonds. The van der Waals surface area contributed by atoms with Gasteiger partial charge in [-0.25, -0.2) is 14.2 Å². The normalized spacial score (nSPS) is 10.9. The third-order valence-corrected chi connectivity index (χ3v) is 3.54. The predicted octanol–water partition coefficient (Wildman–Crippen LogP) is 3.60. The molecule has 3 aromatic rings. The molecule has 0 unspecified atom stereocenters. The van der Waals surface area contributed by atoms with E-state index in [1.54, 1.807) is 34.9 Å². The van der Waals surface area contributed by atoms with E-state index in [9.17, 15) is 14.3 Å². The van der Waals surface area contributed by atoms with Gasteiger partial charge in [0.1, 0.15) is 11.6 Å². The van der Waals surface area contributed by atoms with Crippen molar-refractivity contribution in [3.8, 4) is 11.4 Å². The van der Waals surface area contributed by atoms with Crippen molar-refractivity contribution in [1.82, 2.24) is 9.38 Å². The first kappa shape index (κ1) is 12.8. The van der Waals surface area contributed by atoms with Gasteiger partial charge in [0.2, 0.25) is 0 Å². The second-order valence-corrected chi connectivity index (χ2v) is 5.03. The first-order valence-electron chi connectivity index (χ1n) is 5.74. The molecule has 20 heavy (non-hydrogen) atoms. The number of benzene rings is 1. The van der Waals surface area contributed by atoms with Crippen LogP contribution in [0.3, 0.4) is 0 Å². The van der Waals surface area contributed by atoms with Gasteiger partial charge in [0.15, 0.2) is 5.69 Å². The number of hydrogen-bond donors (Lipinski definition) is 1. The van der Waals surface area contributed by atoms with E-state index in [1.165, 1.54) is 12.1 Å². The average Bonchev–Trinajstić information content (AvgIpc) is 2.80.